The zero-order valence-electron chi connectivity index (χ0n) is 22.0. The summed E-state index contributed by atoms with van der Waals surface area (Å²) >= 11 is 0. The molecule has 3 fully saturated rings. The third kappa shape index (κ3) is 5.60. The first-order valence-electron chi connectivity index (χ1n) is 13.5. The van der Waals surface area contributed by atoms with Gasteiger partial charge in [0.1, 0.15) is 17.3 Å². The predicted octanol–water partition coefficient (Wildman–Crippen LogP) is 3.14. The first-order chi connectivity index (χ1) is 18.9. The Bertz CT molecular complexity index is 1350. The highest BCUT2D eigenvalue weighted by atomic mass is 16.5. The van der Waals surface area contributed by atoms with E-state index in [4.69, 9.17) is 9.47 Å². The summed E-state index contributed by atoms with van der Waals surface area (Å²) < 4.78 is 13.4. The second-order valence-electron chi connectivity index (χ2n) is 10.6. The topological polar surface area (TPSA) is 135 Å². The van der Waals surface area contributed by atoms with Crippen LogP contribution in [0.3, 0.4) is 0 Å². The summed E-state index contributed by atoms with van der Waals surface area (Å²) in [6, 6.07) is 3.80. The first-order valence-corrected chi connectivity index (χ1v) is 13.5. The predicted molar refractivity (Wildman–Crippen MR) is 143 cm³/mol. The lowest BCUT2D eigenvalue weighted by atomic mass is 10.0. The van der Waals surface area contributed by atoms with Gasteiger partial charge < -0.3 is 29.7 Å². The largest absolute Gasteiger partial charge is 0.491 e. The Morgan fingerprint density at radius 2 is 1.95 bits per heavy atom. The maximum absolute atomic E-state index is 13.2. The zero-order chi connectivity index (χ0) is 26.9. The Morgan fingerprint density at radius 1 is 1.13 bits per heavy atom. The van der Waals surface area contributed by atoms with Crippen LogP contribution in [-0.2, 0) is 11.8 Å². The van der Waals surface area contributed by atoms with Crippen molar-refractivity contribution in [1.82, 2.24) is 24.6 Å². The summed E-state index contributed by atoms with van der Waals surface area (Å²) in [5.41, 5.74) is 1.52. The van der Waals surface area contributed by atoms with Gasteiger partial charge in [-0.2, -0.15) is 5.10 Å². The molecule has 0 unspecified atom stereocenters. The quantitative estimate of drug-likeness (QED) is 0.446. The van der Waals surface area contributed by atoms with Crippen molar-refractivity contribution in [2.45, 2.75) is 44.2 Å². The number of nitrogens with zero attached hydrogens (tertiary/aromatic N) is 6. The molecule has 1 saturated carbocycles. The lowest BCUT2D eigenvalue weighted by Gasteiger charge is -2.26. The molecule has 39 heavy (non-hydrogen) atoms. The molecule has 0 spiro atoms. The molecule has 2 aliphatic heterocycles. The van der Waals surface area contributed by atoms with E-state index in [0.717, 1.165) is 56.2 Å². The Balaban J connectivity index is 1.14. The Labute approximate surface area is 225 Å². The van der Waals surface area contributed by atoms with Crippen LogP contribution in [0.25, 0.3) is 10.9 Å². The second kappa shape index (κ2) is 10.7. The molecule has 0 radical (unpaired) electrons. The minimum absolute atomic E-state index is 0.0540. The standard InChI is InChI=1S/C27H33N7O5/c1-32-14-18-10-22(24(11-21(18)31-32)39-16-17-5-8-38-9-6-17)30-26(35)23-12-29-25(13-28-23)33-7-4-20(15-33)34(27(36)37)19-2-3-19/h10-14,17,19-20H,2-9,15-16H2,1H3,(H,30,35)(H,36,37)/t20-/m1/s1. The van der Waals surface area contributed by atoms with Gasteiger partial charge in [-0.15, -0.1) is 0 Å². The lowest BCUT2D eigenvalue weighted by molar-refractivity contribution is 0.0499. The average Bonchev–Trinajstić information content (AvgIpc) is 3.52. The molecule has 2 aromatic heterocycles. The van der Waals surface area contributed by atoms with Crippen molar-refractivity contribution in [1.29, 1.82) is 0 Å². The number of benzene rings is 1. The van der Waals surface area contributed by atoms with E-state index in [1.807, 2.05) is 30.3 Å². The van der Waals surface area contributed by atoms with E-state index in [1.54, 1.807) is 15.8 Å². The maximum Gasteiger partial charge on any atom is 0.407 e. The number of carbonyl (C=O) groups excluding carboxylic acids is 1. The number of amides is 2. The van der Waals surface area contributed by atoms with Crippen molar-refractivity contribution in [2.75, 3.05) is 43.1 Å². The van der Waals surface area contributed by atoms with E-state index in [1.165, 1.54) is 6.20 Å². The number of hydrogen-bond acceptors (Lipinski definition) is 8. The third-order valence-electron chi connectivity index (χ3n) is 7.70. The minimum Gasteiger partial charge on any atom is -0.491 e. The van der Waals surface area contributed by atoms with Gasteiger partial charge in [0.25, 0.3) is 5.91 Å². The van der Waals surface area contributed by atoms with Crippen LogP contribution in [0.15, 0.2) is 30.7 Å². The summed E-state index contributed by atoms with van der Waals surface area (Å²) in [4.78, 5) is 37.3. The van der Waals surface area contributed by atoms with Gasteiger partial charge in [0.15, 0.2) is 0 Å². The number of ether oxygens (including phenoxy) is 2. The smallest absolute Gasteiger partial charge is 0.407 e. The molecule has 12 nitrogen and oxygen atoms in total. The fourth-order valence-corrected chi connectivity index (χ4v) is 5.44. The average molecular weight is 536 g/mol. The zero-order valence-corrected chi connectivity index (χ0v) is 22.0. The van der Waals surface area contributed by atoms with Gasteiger partial charge >= 0.3 is 6.09 Å². The van der Waals surface area contributed by atoms with E-state index in [2.05, 4.69) is 20.4 Å². The number of carbonyl (C=O) groups is 2. The fraction of sp³-hybridized carbons (Fsp3) is 0.519. The van der Waals surface area contributed by atoms with Gasteiger partial charge in [-0.05, 0) is 44.1 Å². The normalized spacial score (nSPS) is 19.8. The molecule has 6 rings (SSSR count). The van der Waals surface area contributed by atoms with Crippen molar-refractivity contribution in [2.24, 2.45) is 13.0 Å². The van der Waals surface area contributed by atoms with Gasteiger partial charge in [0.2, 0.25) is 0 Å². The second-order valence-corrected chi connectivity index (χ2v) is 10.6. The van der Waals surface area contributed by atoms with Crippen LogP contribution in [-0.4, -0.2) is 86.7 Å². The number of carboxylic acid groups (broad SMARTS) is 1. The summed E-state index contributed by atoms with van der Waals surface area (Å²) in [7, 11) is 1.85. The Kier molecular flexibility index (Phi) is 6.94. The van der Waals surface area contributed by atoms with Crippen molar-refractivity contribution >= 4 is 34.4 Å². The number of rotatable bonds is 8. The lowest BCUT2D eigenvalue weighted by Crippen LogP contribution is -2.42. The van der Waals surface area contributed by atoms with Crippen molar-refractivity contribution < 1.29 is 24.2 Å². The number of aromatic nitrogens is 4. The van der Waals surface area contributed by atoms with Crippen LogP contribution in [0.2, 0.25) is 0 Å². The number of aryl methyl sites for hydroxylation is 1. The molecule has 206 valence electrons. The van der Waals surface area contributed by atoms with Crippen LogP contribution >= 0.6 is 0 Å². The maximum atomic E-state index is 13.2. The highest BCUT2D eigenvalue weighted by Gasteiger charge is 2.40. The van der Waals surface area contributed by atoms with Gasteiger partial charge in [-0.25, -0.2) is 14.8 Å². The van der Waals surface area contributed by atoms with Crippen LogP contribution in [0, 0.1) is 5.92 Å². The summed E-state index contributed by atoms with van der Waals surface area (Å²) in [5, 5.41) is 17.9. The van der Waals surface area contributed by atoms with Crippen LogP contribution < -0.4 is 15.0 Å². The molecular weight excluding hydrogens is 502 g/mol. The first kappa shape index (κ1) is 25.4. The molecule has 4 heterocycles. The van der Waals surface area contributed by atoms with Crippen molar-refractivity contribution in [3.63, 3.8) is 0 Å². The Morgan fingerprint density at radius 3 is 2.67 bits per heavy atom. The van der Waals surface area contributed by atoms with Gasteiger partial charge in [-0.1, -0.05) is 0 Å². The molecular formula is C27H33N7O5. The van der Waals surface area contributed by atoms with Crippen LogP contribution in [0.1, 0.15) is 42.6 Å². The highest BCUT2D eigenvalue weighted by Crippen LogP contribution is 2.33. The third-order valence-corrected chi connectivity index (χ3v) is 7.70. The summed E-state index contributed by atoms with van der Waals surface area (Å²) in [5.74, 6) is 1.20. The summed E-state index contributed by atoms with van der Waals surface area (Å²) in [6.45, 7) is 3.28. The molecule has 12 heteroatoms. The number of hydrogen-bond donors (Lipinski definition) is 2. The number of anilines is 2. The number of nitrogens with one attached hydrogen (secondary N) is 1. The van der Waals surface area contributed by atoms with Crippen molar-refractivity contribution in [3.05, 3.63) is 36.4 Å². The van der Waals surface area contributed by atoms with E-state index in [0.29, 0.717) is 42.9 Å². The van der Waals surface area contributed by atoms with Gasteiger partial charge in [-0.3, -0.25) is 9.48 Å². The molecule has 1 atom stereocenters. The molecule has 1 aromatic carbocycles. The number of fused-ring (bicyclic) bond motifs is 1. The molecule has 2 N–H and O–H groups in total. The summed E-state index contributed by atoms with van der Waals surface area (Å²) in [6.07, 6.45) is 8.57. The highest BCUT2D eigenvalue weighted by molar-refractivity contribution is 6.04. The van der Waals surface area contributed by atoms with Crippen LogP contribution in [0.4, 0.5) is 16.3 Å². The van der Waals surface area contributed by atoms with Crippen molar-refractivity contribution in [3.8, 4) is 5.75 Å². The SMILES string of the molecule is Cn1cc2cc(NC(=O)c3cnc(N4CC[C@@H](N(C(=O)O)C5CC5)C4)cn3)c(OCC3CCOCC3)cc2n1. The van der Waals surface area contributed by atoms with Gasteiger partial charge in [0.05, 0.1) is 36.2 Å². The molecule has 1 aliphatic carbocycles. The van der Waals surface area contributed by atoms with E-state index >= 15 is 0 Å². The molecule has 3 aromatic rings. The van der Waals surface area contributed by atoms with Crippen LogP contribution in [0.5, 0.6) is 5.75 Å². The fourth-order valence-electron chi connectivity index (χ4n) is 5.44. The monoisotopic (exact) mass is 535 g/mol. The minimum atomic E-state index is -0.858. The van der Waals surface area contributed by atoms with E-state index < -0.39 is 12.0 Å². The van der Waals surface area contributed by atoms with E-state index in [9.17, 15) is 14.7 Å². The van der Waals surface area contributed by atoms with Gasteiger partial charge in [0, 0.05) is 57.0 Å². The molecule has 0 bridgehead atoms. The molecule has 3 aliphatic rings. The molecule has 2 saturated heterocycles. The van der Waals surface area contributed by atoms with E-state index in [-0.39, 0.29) is 17.8 Å². The Hall–Kier alpha value is -3.93. The molecule has 2 amide bonds.